The molecule has 0 saturated carbocycles. The Bertz CT molecular complexity index is 803. The van der Waals surface area contributed by atoms with Crippen LogP contribution in [0.4, 0.5) is 5.82 Å². The van der Waals surface area contributed by atoms with Crippen LogP contribution in [0, 0.1) is 5.92 Å². The third-order valence-electron chi connectivity index (χ3n) is 5.63. The Morgan fingerprint density at radius 1 is 1.11 bits per heavy atom. The van der Waals surface area contributed by atoms with Crippen LogP contribution in [-0.2, 0) is 17.8 Å². The molecule has 2 aromatic rings. The van der Waals surface area contributed by atoms with Gasteiger partial charge >= 0.3 is 0 Å². The monoisotopic (exact) mass is 381 g/mol. The molecule has 3 heterocycles. The van der Waals surface area contributed by atoms with Gasteiger partial charge in [0.25, 0.3) is 5.91 Å². The van der Waals surface area contributed by atoms with E-state index in [4.69, 9.17) is 4.74 Å². The van der Waals surface area contributed by atoms with Crippen molar-refractivity contribution in [2.75, 3.05) is 44.3 Å². The zero-order valence-electron chi connectivity index (χ0n) is 16.1. The molecule has 6 heteroatoms. The number of hydrogen-bond donors (Lipinski definition) is 1. The number of nitrogens with zero attached hydrogens (tertiary/aromatic N) is 3. The zero-order chi connectivity index (χ0) is 19.3. The van der Waals surface area contributed by atoms with E-state index in [1.165, 1.54) is 5.56 Å². The summed E-state index contributed by atoms with van der Waals surface area (Å²) in [5.41, 5.74) is 2.95. The van der Waals surface area contributed by atoms with Crippen molar-refractivity contribution in [3.8, 4) is 0 Å². The molecule has 148 valence electrons. The van der Waals surface area contributed by atoms with E-state index in [-0.39, 0.29) is 12.5 Å². The van der Waals surface area contributed by atoms with Crippen LogP contribution in [0.2, 0.25) is 0 Å². The molecule has 2 aliphatic rings. The van der Waals surface area contributed by atoms with Crippen LogP contribution in [0.25, 0.3) is 0 Å². The average Bonchev–Trinajstić information content (AvgIpc) is 3.23. The normalized spacial score (nSPS) is 19.8. The van der Waals surface area contributed by atoms with E-state index < -0.39 is 0 Å². The molecule has 2 fully saturated rings. The lowest BCUT2D eigenvalue weighted by atomic mass is 9.98. The summed E-state index contributed by atoms with van der Waals surface area (Å²) in [5, 5.41) is 9.17. The number of carbonyl (C=O) groups is 1. The standard InChI is InChI=1S/C22H27N3O3/c26-16-18-3-1-17(2-4-18)13-19-6-8-25(15-19)21-14-20(5-7-23-21)22(27)24-9-11-28-12-10-24/h1-5,7,14,19,26H,6,8-13,15-16H2/t19-/m1/s1. The fraction of sp³-hybridized carbons (Fsp3) is 0.455. The predicted molar refractivity (Wildman–Crippen MR) is 107 cm³/mol. The van der Waals surface area contributed by atoms with Crippen molar-refractivity contribution < 1.29 is 14.6 Å². The molecule has 28 heavy (non-hydrogen) atoms. The third kappa shape index (κ3) is 4.34. The molecule has 2 saturated heterocycles. The third-order valence-corrected chi connectivity index (χ3v) is 5.63. The maximum Gasteiger partial charge on any atom is 0.254 e. The molecule has 1 N–H and O–H groups in total. The molecule has 4 rings (SSSR count). The Labute approximate surface area is 165 Å². The number of anilines is 1. The highest BCUT2D eigenvalue weighted by Gasteiger charge is 2.25. The number of rotatable bonds is 5. The maximum atomic E-state index is 12.7. The number of pyridine rings is 1. The van der Waals surface area contributed by atoms with Crippen molar-refractivity contribution >= 4 is 11.7 Å². The number of amides is 1. The molecule has 1 atom stereocenters. The minimum Gasteiger partial charge on any atom is -0.392 e. The smallest absolute Gasteiger partial charge is 0.254 e. The molecule has 1 aromatic heterocycles. The summed E-state index contributed by atoms with van der Waals surface area (Å²) in [5.74, 6) is 1.52. The van der Waals surface area contributed by atoms with Crippen molar-refractivity contribution in [2.45, 2.75) is 19.4 Å². The van der Waals surface area contributed by atoms with Gasteiger partial charge in [0.1, 0.15) is 5.82 Å². The van der Waals surface area contributed by atoms with Crippen LogP contribution in [0.5, 0.6) is 0 Å². The van der Waals surface area contributed by atoms with Gasteiger partial charge in [-0.1, -0.05) is 24.3 Å². The number of aliphatic hydroxyl groups is 1. The molecular weight excluding hydrogens is 354 g/mol. The topological polar surface area (TPSA) is 65.9 Å². The SMILES string of the molecule is O=C(c1ccnc(N2CC[C@H](Cc3ccc(CO)cc3)C2)c1)N1CCOCC1. The first-order valence-electron chi connectivity index (χ1n) is 9.99. The largest absolute Gasteiger partial charge is 0.392 e. The maximum absolute atomic E-state index is 12.7. The second-order valence-electron chi connectivity index (χ2n) is 7.59. The Morgan fingerprint density at radius 3 is 2.61 bits per heavy atom. The molecule has 0 unspecified atom stereocenters. The first-order valence-corrected chi connectivity index (χ1v) is 9.99. The van der Waals surface area contributed by atoms with E-state index in [1.54, 1.807) is 12.3 Å². The predicted octanol–water partition coefficient (Wildman–Crippen LogP) is 2.12. The minimum atomic E-state index is 0.0617. The number of morpholine rings is 1. The van der Waals surface area contributed by atoms with Gasteiger partial charge < -0.3 is 19.6 Å². The zero-order valence-corrected chi connectivity index (χ0v) is 16.1. The summed E-state index contributed by atoms with van der Waals surface area (Å²) in [6, 6.07) is 11.9. The molecule has 0 aliphatic carbocycles. The van der Waals surface area contributed by atoms with E-state index in [0.29, 0.717) is 37.8 Å². The molecule has 0 bridgehead atoms. The highest BCUT2D eigenvalue weighted by molar-refractivity contribution is 5.95. The molecule has 1 amide bonds. The van der Waals surface area contributed by atoms with Gasteiger partial charge in [-0.15, -0.1) is 0 Å². The van der Waals surface area contributed by atoms with Crippen molar-refractivity contribution in [1.29, 1.82) is 0 Å². The van der Waals surface area contributed by atoms with Gasteiger partial charge in [0.15, 0.2) is 0 Å². The fourth-order valence-electron chi connectivity index (χ4n) is 3.99. The van der Waals surface area contributed by atoms with E-state index >= 15 is 0 Å². The Morgan fingerprint density at radius 2 is 1.86 bits per heavy atom. The number of hydrogen-bond acceptors (Lipinski definition) is 5. The van der Waals surface area contributed by atoms with Crippen LogP contribution in [0.3, 0.4) is 0 Å². The van der Waals surface area contributed by atoms with Crippen molar-refractivity contribution in [3.63, 3.8) is 0 Å². The van der Waals surface area contributed by atoms with Gasteiger partial charge in [-0.3, -0.25) is 4.79 Å². The first-order chi connectivity index (χ1) is 13.7. The van der Waals surface area contributed by atoms with Gasteiger partial charge in [0.05, 0.1) is 19.8 Å². The van der Waals surface area contributed by atoms with E-state index in [9.17, 15) is 9.90 Å². The Hall–Kier alpha value is -2.44. The Balaban J connectivity index is 1.38. The molecular formula is C22H27N3O3. The van der Waals surface area contributed by atoms with Crippen LogP contribution < -0.4 is 4.90 Å². The van der Waals surface area contributed by atoms with Gasteiger partial charge in [-0.05, 0) is 42.0 Å². The molecule has 2 aliphatic heterocycles. The van der Waals surface area contributed by atoms with Crippen LogP contribution >= 0.6 is 0 Å². The van der Waals surface area contributed by atoms with Crippen LogP contribution in [-0.4, -0.2) is 60.3 Å². The number of ether oxygens (including phenoxy) is 1. The highest BCUT2D eigenvalue weighted by atomic mass is 16.5. The highest BCUT2D eigenvalue weighted by Crippen LogP contribution is 2.26. The average molecular weight is 381 g/mol. The summed E-state index contributed by atoms with van der Waals surface area (Å²) in [4.78, 5) is 21.4. The van der Waals surface area contributed by atoms with Gasteiger partial charge in [-0.25, -0.2) is 4.98 Å². The number of aliphatic hydroxyl groups excluding tert-OH is 1. The molecule has 6 nitrogen and oxygen atoms in total. The number of benzene rings is 1. The summed E-state index contributed by atoms with van der Waals surface area (Å²) in [6.45, 7) is 4.51. The van der Waals surface area contributed by atoms with E-state index in [2.05, 4.69) is 22.0 Å². The number of carbonyl (C=O) groups excluding carboxylic acids is 1. The van der Waals surface area contributed by atoms with Crippen molar-refractivity contribution in [1.82, 2.24) is 9.88 Å². The molecule has 0 radical (unpaired) electrons. The van der Waals surface area contributed by atoms with Crippen molar-refractivity contribution in [2.24, 2.45) is 5.92 Å². The second kappa shape index (κ2) is 8.71. The van der Waals surface area contributed by atoms with Gasteiger partial charge in [-0.2, -0.15) is 0 Å². The summed E-state index contributed by atoms with van der Waals surface area (Å²) in [7, 11) is 0. The summed E-state index contributed by atoms with van der Waals surface area (Å²) in [6.07, 6.45) is 3.88. The lowest BCUT2D eigenvalue weighted by Gasteiger charge is -2.27. The van der Waals surface area contributed by atoms with Crippen molar-refractivity contribution in [3.05, 3.63) is 59.3 Å². The summed E-state index contributed by atoms with van der Waals surface area (Å²) < 4.78 is 5.34. The minimum absolute atomic E-state index is 0.0617. The van der Waals surface area contributed by atoms with Crippen LogP contribution in [0.15, 0.2) is 42.6 Å². The van der Waals surface area contributed by atoms with Gasteiger partial charge in [0, 0.05) is 37.9 Å². The van der Waals surface area contributed by atoms with E-state index in [1.807, 2.05) is 23.1 Å². The van der Waals surface area contributed by atoms with Crippen LogP contribution in [0.1, 0.15) is 27.9 Å². The number of aromatic nitrogens is 1. The lowest BCUT2D eigenvalue weighted by Crippen LogP contribution is -2.40. The Kier molecular flexibility index (Phi) is 5.88. The lowest BCUT2D eigenvalue weighted by molar-refractivity contribution is 0.0303. The first kappa shape index (κ1) is 18.9. The molecule has 1 aromatic carbocycles. The molecule has 0 spiro atoms. The second-order valence-corrected chi connectivity index (χ2v) is 7.59. The van der Waals surface area contributed by atoms with Gasteiger partial charge in [0.2, 0.25) is 0 Å². The summed E-state index contributed by atoms with van der Waals surface area (Å²) >= 11 is 0. The quantitative estimate of drug-likeness (QED) is 0.859. The van der Waals surface area contributed by atoms with E-state index in [0.717, 1.165) is 37.3 Å². The fourth-order valence-corrected chi connectivity index (χ4v) is 3.99.